The van der Waals surface area contributed by atoms with Crippen molar-refractivity contribution in [3.63, 3.8) is 0 Å². The first-order chi connectivity index (χ1) is 5.16. The summed E-state index contributed by atoms with van der Waals surface area (Å²) in [7, 11) is 0.438. The molecular formula is C6H10N2O2S. The van der Waals surface area contributed by atoms with E-state index in [4.69, 9.17) is 4.52 Å². The van der Waals surface area contributed by atoms with Gasteiger partial charge >= 0.3 is 0 Å². The topological polar surface area (TPSA) is 55.1 Å². The monoisotopic (exact) mass is 174 g/mol. The minimum atomic E-state index is -1.19. The molecule has 0 aliphatic heterocycles. The lowest BCUT2D eigenvalue weighted by Gasteiger charge is -1.95. The molecule has 0 radical (unpaired) electrons. The van der Waals surface area contributed by atoms with E-state index < -0.39 is 11.0 Å². The molecule has 0 fully saturated rings. The Hall–Kier alpha value is -0.680. The summed E-state index contributed by atoms with van der Waals surface area (Å²) in [6, 6.07) is 0. The molecule has 5 heteroatoms. The lowest BCUT2D eigenvalue weighted by Crippen LogP contribution is -2.11. The van der Waals surface area contributed by atoms with Gasteiger partial charge in [-0.2, -0.15) is 0 Å². The van der Waals surface area contributed by atoms with Crippen LogP contribution in [0.5, 0.6) is 0 Å². The second kappa shape index (κ2) is 3.15. The van der Waals surface area contributed by atoms with Gasteiger partial charge in [0.25, 0.3) is 0 Å². The Morgan fingerprint density at radius 3 is 2.55 bits per heavy atom. The second-order valence-corrected chi connectivity index (χ2v) is 3.48. The minimum Gasteiger partial charge on any atom is -0.360 e. The zero-order chi connectivity index (χ0) is 8.43. The molecule has 0 amide bonds. The molecule has 1 atom stereocenters. The van der Waals surface area contributed by atoms with Crippen molar-refractivity contribution in [2.24, 2.45) is 0 Å². The fraction of sp³-hybridized carbons (Fsp3) is 0.500. The molecule has 0 aliphatic carbocycles. The fourth-order valence-electron chi connectivity index (χ4n) is 0.841. The SMILES string of the molecule is CNS(=O)c1c(C)noc1C. The van der Waals surface area contributed by atoms with Gasteiger partial charge in [-0.25, -0.2) is 8.93 Å². The molecule has 1 unspecified atom stereocenters. The van der Waals surface area contributed by atoms with Crippen molar-refractivity contribution >= 4 is 11.0 Å². The van der Waals surface area contributed by atoms with Crippen molar-refractivity contribution in [3.8, 4) is 0 Å². The molecule has 1 aromatic heterocycles. The third-order valence-corrected chi connectivity index (χ3v) is 2.66. The zero-order valence-electron chi connectivity index (χ0n) is 6.67. The quantitative estimate of drug-likeness (QED) is 0.711. The van der Waals surface area contributed by atoms with Crippen LogP contribution < -0.4 is 4.72 Å². The largest absolute Gasteiger partial charge is 0.360 e. The summed E-state index contributed by atoms with van der Waals surface area (Å²) in [4.78, 5) is 0.646. The molecular weight excluding hydrogens is 164 g/mol. The molecule has 1 heterocycles. The van der Waals surface area contributed by atoms with Crippen LogP contribution in [0.1, 0.15) is 11.5 Å². The highest BCUT2D eigenvalue weighted by Gasteiger charge is 2.13. The Kier molecular flexibility index (Phi) is 2.41. The standard InChI is InChI=1S/C6H10N2O2S/c1-4-6(11(9)7-3)5(2)10-8-4/h7H,1-3H3. The van der Waals surface area contributed by atoms with Gasteiger partial charge in [-0.15, -0.1) is 0 Å². The van der Waals surface area contributed by atoms with Crippen LogP contribution >= 0.6 is 0 Å². The summed E-state index contributed by atoms with van der Waals surface area (Å²) < 4.78 is 18.7. The van der Waals surface area contributed by atoms with Gasteiger partial charge in [-0.3, -0.25) is 0 Å². The molecule has 0 saturated heterocycles. The van der Waals surface area contributed by atoms with Gasteiger partial charge < -0.3 is 4.52 Å². The number of nitrogens with zero attached hydrogens (tertiary/aromatic N) is 1. The van der Waals surface area contributed by atoms with Crippen molar-refractivity contribution in [3.05, 3.63) is 11.5 Å². The van der Waals surface area contributed by atoms with Crippen LogP contribution in [0.15, 0.2) is 9.42 Å². The average molecular weight is 174 g/mol. The lowest BCUT2D eigenvalue weighted by atomic mass is 10.4. The molecule has 11 heavy (non-hydrogen) atoms. The normalized spacial score (nSPS) is 13.4. The van der Waals surface area contributed by atoms with Crippen molar-refractivity contribution in [2.75, 3.05) is 7.05 Å². The third kappa shape index (κ3) is 1.49. The highest BCUT2D eigenvalue weighted by atomic mass is 32.2. The molecule has 1 rings (SSSR count). The van der Waals surface area contributed by atoms with Crippen LogP contribution in [-0.2, 0) is 11.0 Å². The average Bonchev–Trinajstić information content (AvgIpc) is 2.30. The first-order valence-corrected chi connectivity index (χ1v) is 4.34. The maximum absolute atomic E-state index is 11.2. The smallest absolute Gasteiger partial charge is 0.151 e. The summed E-state index contributed by atoms with van der Waals surface area (Å²) in [5, 5.41) is 3.68. The van der Waals surface area contributed by atoms with Gasteiger partial charge in [0.2, 0.25) is 0 Å². The predicted octanol–water partition coefficient (Wildman–Crippen LogP) is 0.533. The Balaban J connectivity index is 3.10. The maximum Gasteiger partial charge on any atom is 0.151 e. The lowest BCUT2D eigenvalue weighted by molar-refractivity contribution is 0.391. The van der Waals surface area contributed by atoms with Crippen LogP contribution in [0.3, 0.4) is 0 Å². The van der Waals surface area contributed by atoms with Gasteiger partial charge in [0.15, 0.2) is 5.76 Å². The highest BCUT2D eigenvalue weighted by molar-refractivity contribution is 7.83. The van der Waals surface area contributed by atoms with E-state index in [0.717, 1.165) is 0 Å². The third-order valence-electron chi connectivity index (χ3n) is 1.34. The molecule has 0 aliphatic rings. The molecule has 0 spiro atoms. The molecule has 1 aromatic rings. The molecule has 0 saturated carbocycles. The number of hydrogen-bond acceptors (Lipinski definition) is 3. The van der Waals surface area contributed by atoms with Crippen molar-refractivity contribution in [2.45, 2.75) is 18.7 Å². The molecule has 4 nitrogen and oxygen atoms in total. The van der Waals surface area contributed by atoms with E-state index in [-0.39, 0.29) is 0 Å². The van der Waals surface area contributed by atoms with E-state index in [2.05, 4.69) is 9.88 Å². The Bertz CT molecular complexity index is 263. The van der Waals surface area contributed by atoms with Gasteiger partial charge in [0.1, 0.15) is 15.9 Å². The van der Waals surface area contributed by atoms with E-state index in [1.807, 2.05) is 0 Å². The van der Waals surface area contributed by atoms with Crippen LogP contribution in [0.2, 0.25) is 0 Å². The summed E-state index contributed by atoms with van der Waals surface area (Å²) in [6.07, 6.45) is 0. The summed E-state index contributed by atoms with van der Waals surface area (Å²) >= 11 is 0. The Morgan fingerprint density at radius 2 is 2.18 bits per heavy atom. The molecule has 0 aromatic carbocycles. The van der Waals surface area contributed by atoms with Gasteiger partial charge in [0, 0.05) is 0 Å². The van der Waals surface area contributed by atoms with Crippen LogP contribution in [0.25, 0.3) is 0 Å². The Labute approximate surface area is 67.6 Å². The van der Waals surface area contributed by atoms with E-state index in [9.17, 15) is 4.21 Å². The van der Waals surface area contributed by atoms with Gasteiger partial charge in [0.05, 0.1) is 5.69 Å². The minimum absolute atomic E-state index is 0.607. The molecule has 1 N–H and O–H groups in total. The van der Waals surface area contributed by atoms with E-state index in [1.54, 1.807) is 20.9 Å². The van der Waals surface area contributed by atoms with Gasteiger partial charge in [-0.1, -0.05) is 5.16 Å². The molecule has 0 bridgehead atoms. The first kappa shape index (κ1) is 8.42. The van der Waals surface area contributed by atoms with Crippen LogP contribution in [0, 0.1) is 13.8 Å². The number of aryl methyl sites for hydroxylation is 2. The number of rotatable bonds is 2. The Morgan fingerprint density at radius 1 is 1.55 bits per heavy atom. The first-order valence-electron chi connectivity index (χ1n) is 3.19. The van der Waals surface area contributed by atoms with Crippen LogP contribution in [0.4, 0.5) is 0 Å². The van der Waals surface area contributed by atoms with Crippen molar-refractivity contribution < 1.29 is 8.73 Å². The molecule has 62 valence electrons. The van der Waals surface area contributed by atoms with E-state index in [1.165, 1.54) is 0 Å². The summed E-state index contributed by atoms with van der Waals surface area (Å²) in [5.74, 6) is 0.607. The second-order valence-electron chi connectivity index (χ2n) is 2.13. The number of nitrogens with one attached hydrogen (secondary N) is 1. The fourth-order valence-corrected chi connectivity index (χ4v) is 1.65. The van der Waals surface area contributed by atoms with Gasteiger partial charge in [-0.05, 0) is 20.9 Å². The van der Waals surface area contributed by atoms with Crippen molar-refractivity contribution in [1.82, 2.24) is 9.88 Å². The zero-order valence-corrected chi connectivity index (χ0v) is 7.49. The van der Waals surface area contributed by atoms with Crippen LogP contribution in [-0.4, -0.2) is 16.4 Å². The number of hydrogen-bond donors (Lipinski definition) is 1. The summed E-state index contributed by atoms with van der Waals surface area (Å²) in [6.45, 7) is 3.51. The van der Waals surface area contributed by atoms with E-state index in [0.29, 0.717) is 16.3 Å². The number of aromatic nitrogens is 1. The predicted molar refractivity (Wildman–Crippen MR) is 41.4 cm³/mol. The highest BCUT2D eigenvalue weighted by Crippen LogP contribution is 2.14. The van der Waals surface area contributed by atoms with Crippen molar-refractivity contribution in [1.29, 1.82) is 0 Å². The summed E-state index contributed by atoms with van der Waals surface area (Å²) in [5.41, 5.74) is 0.676. The van der Waals surface area contributed by atoms with E-state index >= 15 is 0 Å². The maximum atomic E-state index is 11.2.